The van der Waals surface area contributed by atoms with Crippen molar-refractivity contribution in [2.75, 3.05) is 19.4 Å². The number of aromatic amines is 1. The number of carbonyl (C=O) groups excluding carboxylic acids is 2. The number of aryl methyl sites for hydroxylation is 1. The van der Waals surface area contributed by atoms with E-state index in [0.717, 1.165) is 16.5 Å². The molecule has 2 aromatic carbocycles. The number of anilines is 1. The van der Waals surface area contributed by atoms with Gasteiger partial charge in [0.25, 0.3) is 11.8 Å². The van der Waals surface area contributed by atoms with Crippen LogP contribution in [0.2, 0.25) is 5.02 Å². The minimum atomic E-state index is -0.278. The van der Waals surface area contributed by atoms with Crippen LogP contribution < -0.4 is 5.32 Å². The zero-order chi connectivity index (χ0) is 18.1. The summed E-state index contributed by atoms with van der Waals surface area (Å²) in [5.41, 5.74) is 3.33. The lowest BCUT2D eigenvalue weighted by Gasteiger charge is -2.13. The Morgan fingerprint density at radius 2 is 1.84 bits per heavy atom. The molecule has 0 saturated heterocycles. The van der Waals surface area contributed by atoms with Crippen molar-refractivity contribution in [1.82, 2.24) is 9.88 Å². The molecule has 0 aliphatic heterocycles. The van der Waals surface area contributed by atoms with Gasteiger partial charge in [-0.15, -0.1) is 0 Å². The average Bonchev–Trinajstić information content (AvgIpc) is 2.99. The Morgan fingerprint density at radius 1 is 1.08 bits per heavy atom. The van der Waals surface area contributed by atoms with E-state index in [2.05, 4.69) is 10.3 Å². The van der Waals surface area contributed by atoms with Crippen LogP contribution in [0.4, 0.5) is 5.69 Å². The predicted molar refractivity (Wildman–Crippen MR) is 100 cm³/mol. The van der Waals surface area contributed by atoms with E-state index in [0.29, 0.717) is 22.0 Å². The number of benzene rings is 2. The lowest BCUT2D eigenvalue weighted by Crippen LogP contribution is -2.22. The van der Waals surface area contributed by atoms with Gasteiger partial charge in [-0.3, -0.25) is 9.59 Å². The Hall–Kier alpha value is -2.79. The maximum atomic E-state index is 12.5. The van der Waals surface area contributed by atoms with Crippen molar-refractivity contribution in [3.8, 4) is 0 Å². The Balaban J connectivity index is 1.87. The third-order valence-electron chi connectivity index (χ3n) is 3.88. The number of hydrogen-bond acceptors (Lipinski definition) is 2. The van der Waals surface area contributed by atoms with Gasteiger partial charge in [-0.2, -0.15) is 0 Å². The monoisotopic (exact) mass is 355 g/mol. The molecule has 1 heterocycles. The number of hydrogen-bond donors (Lipinski definition) is 2. The van der Waals surface area contributed by atoms with Crippen LogP contribution in [0, 0.1) is 6.92 Å². The summed E-state index contributed by atoms with van der Waals surface area (Å²) in [6.45, 7) is 2.00. The molecule has 0 fully saturated rings. The largest absolute Gasteiger partial charge is 0.351 e. The highest BCUT2D eigenvalue weighted by Crippen LogP contribution is 2.23. The van der Waals surface area contributed by atoms with Crippen LogP contribution in [0.5, 0.6) is 0 Å². The van der Waals surface area contributed by atoms with Crippen molar-refractivity contribution in [3.05, 3.63) is 64.3 Å². The van der Waals surface area contributed by atoms with E-state index < -0.39 is 0 Å². The summed E-state index contributed by atoms with van der Waals surface area (Å²) < 4.78 is 0. The van der Waals surface area contributed by atoms with E-state index in [9.17, 15) is 9.59 Å². The third kappa shape index (κ3) is 3.51. The second-order valence-electron chi connectivity index (χ2n) is 6.12. The van der Waals surface area contributed by atoms with Crippen molar-refractivity contribution in [3.63, 3.8) is 0 Å². The molecule has 128 valence electrons. The van der Waals surface area contributed by atoms with Crippen LogP contribution in [0.25, 0.3) is 10.9 Å². The highest BCUT2D eigenvalue weighted by Gasteiger charge is 2.15. The first-order chi connectivity index (χ1) is 11.8. The molecular weight excluding hydrogens is 338 g/mol. The van der Waals surface area contributed by atoms with Crippen molar-refractivity contribution in [1.29, 1.82) is 0 Å². The zero-order valence-electron chi connectivity index (χ0n) is 14.2. The predicted octanol–water partition coefficient (Wildman–Crippen LogP) is 4.08. The summed E-state index contributed by atoms with van der Waals surface area (Å²) in [5.74, 6) is -0.499. The smallest absolute Gasteiger partial charge is 0.272 e. The molecule has 3 aromatic rings. The average molecular weight is 356 g/mol. The highest BCUT2D eigenvalue weighted by atomic mass is 35.5. The summed E-state index contributed by atoms with van der Waals surface area (Å²) in [6.07, 6.45) is 0. The van der Waals surface area contributed by atoms with Crippen LogP contribution in [0.15, 0.2) is 42.5 Å². The summed E-state index contributed by atoms with van der Waals surface area (Å²) in [4.78, 5) is 29.2. The molecule has 1 aromatic heterocycles. The number of amides is 2. The Kier molecular flexibility index (Phi) is 4.51. The molecule has 3 rings (SSSR count). The molecule has 0 unspecified atom stereocenters. The topological polar surface area (TPSA) is 65.2 Å². The fourth-order valence-corrected chi connectivity index (χ4v) is 2.77. The molecule has 0 saturated carbocycles. The van der Waals surface area contributed by atoms with Gasteiger partial charge in [-0.05, 0) is 42.8 Å². The first-order valence-electron chi connectivity index (χ1n) is 7.77. The quantitative estimate of drug-likeness (QED) is 0.743. The fourth-order valence-electron chi connectivity index (χ4n) is 2.57. The SMILES string of the molecule is Cc1ccc2cc(C(=O)Nc3ccc(Cl)c(C(=O)N(C)C)c3)[nH]c2c1. The second kappa shape index (κ2) is 6.61. The number of carbonyl (C=O) groups is 2. The zero-order valence-corrected chi connectivity index (χ0v) is 14.9. The van der Waals surface area contributed by atoms with E-state index in [1.807, 2.05) is 25.1 Å². The summed E-state index contributed by atoms with van der Waals surface area (Å²) in [5, 5.41) is 4.11. The minimum absolute atomic E-state index is 0.220. The van der Waals surface area contributed by atoms with Gasteiger partial charge < -0.3 is 15.2 Å². The molecule has 0 aliphatic carbocycles. The second-order valence-corrected chi connectivity index (χ2v) is 6.53. The molecule has 0 bridgehead atoms. The van der Waals surface area contributed by atoms with Crippen molar-refractivity contribution in [2.45, 2.75) is 6.92 Å². The summed E-state index contributed by atoms with van der Waals surface area (Å²) in [7, 11) is 3.30. The van der Waals surface area contributed by atoms with E-state index in [4.69, 9.17) is 11.6 Å². The van der Waals surface area contributed by atoms with Crippen LogP contribution in [0.1, 0.15) is 26.4 Å². The molecule has 25 heavy (non-hydrogen) atoms. The first-order valence-corrected chi connectivity index (χ1v) is 8.15. The minimum Gasteiger partial charge on any atom is -0.351 e. The number of H-pyrrole nitrogens is 1. The molecule has 0 radical (unpaired) electrons. The first kappa shape index (κ1) is 17.0. The van der Waals surface area contributed by atoms with Gasteiger partial charge in [-0.25, -0.2) is 0 Å². The van der Waals surface area contributed by atoms with Crippen LogP contribution in [-0.2, 0) is 0 Å². The summed E-state index contributed by atoms with van der Waals surface area (Å²) in [6, 6.07) is 12.6. The Morgan fingerprint density at radius 3 is 2.56 bits per heavy atom. The number of nitrogens with one attached hydrogen (secondary N) is 2. The van der Waals surface area contributed by atoms with Gasteiger partial charge >= 0.3 is 0 Å². The van der Waals surface area contributed by atoms with E-state index in [-0.39, 0.29) is 11.8 Å². The maximum absolute atomic E-state index is 12.5. The molecule has 2 amide bonds. The van der Waals surface area contributed by atoms with Crippen molar-refractivity contribution < 1.29 is 9.59 Å². The van der Waals surface area contributed by atoms with Crippen molar-refractivity contribution >= 4 is 40.0 Å². The number of rotatable bonds is 3. The molecule has 2 N–H and O–H groups in total. The molecule has 0 aliphatic rings. The van der Waals surface area contributed by atoms with Gasteiger partial charge in [0.1, 0.15) is 5.69 Å². The van der Waals surface area contributed by atoms with E-state index in [1.54, 1.807) is 38.4 Å². The molecular formula is C19H18ClN3O2. The lowest BCUT2D eigenvalue weighted by molar-refractivity contribution is 0.0827. The van der Waals surface area contributed by atoms with Gasteiger partial charge in [0, 0.05) is 30.7 Å². The van der Waals surface area contributed by atoms with E-state index >= 15 is 0 Å². The lowest BCUT2D eigenvalue weighted by atomic mass is 10.1. The number of halogens is 1. The van der Waals surface area contributed by atoms with Gasteiger partial charge in [-0.1, -0.05) is 23.7 Å². The van der Waals surface area contributed by atoms with Crippen molar-refractivity contribution in [2.24, 2.45) is 0 Å². The number of fused-ring (bicyclic) bond motifs is 1. The third-order valence-corrected chi connectivity index (χ3v) is 4.21. The summed E-state index contributed by atoms with van der Waals surface area (Å²) >= 11 is 6.09. The van der Waals surface area contributed by atoms with Gasteiger partial charge in [0.2, 0.25) is 0 Å². The molecule has 0 spiro atoms. The fraction of sp³-hybridized carbons (Fsp3) is 0.158. The maximum Gasteiger partial charge on any atom is 0.272 e. The van der Waals surface area contributed by atoms with Crippen LogP contribution in [-0.4, -0.2) is 35.8 Å². The Bertz CT molecular complexity index is 976. The van der Waals surface area contributed by atoms with Gasteiger partial charge in [0.15, 0.2) is 0 Å². The van der Waals surface area contributed by atoms with Gasteiger partial charge in [0.05, 0.1) is 10.6 Å². The normalized spacial score (nSPS) is 10.7. The number of aromatic nitrogens is 1. The highest BCUT2D eigenvalue weighted by molar-refractivity contribution is 6.34. The molecule has 5 nitrogen and oxygen atoms in total. The van der Waals surface area contributed by atoms with Crippen LogP contribution >= 0.6 is 11.6 Å². The molecule has 6 heteroatoms. The molecule has 0 atom stereocenters. The Labute approximate surface area is 150 Å². The van der Waals surface area contributed by atoms with E-state index in [1.165, 1.54) is 4.90 Å². The standard InChI is InChI=1S/C19H18ClN3O2/c1-11-4-5-12-9-17(22-16(12)8-11)18(24)21-13-6-7-15(20)14(10-13)19(25)23(2)3/h4-10,22H,1-3H3,(H,21,24). The van der Waals surface area contributed by atoms with Crippen LogP contribution in [0.3, 0.4) is 0 Å². The number of nitrogens with zero attached hydrogens (tertiary/aromatic N) is 1.